The van der Waals surface area contributed by atoms with E-state index in [9.17, 15) is 13.6 Å². The number of halogens is 2. The largest absolute Gasteiger partial charge is 0.385 e. The average molecular weight is 258 g/mol. The summed E-state index contributed by atoms with van der Waals surface area (Å²) in [5.74, 6) is -0.487. The minimum atomic E-state index is -2.87. The topological polar surface area (TPSA) is 75.4 Å². The van der Waals surface area contributed by atoms with Gasteiger partial charge in [0.1, 0.15) is 6.10 Å². The van der Waals surface area contributed by atoms with Crippen LogP contribution in [0.2, 0.25) is 0 Å². The number of carbonyl (C=O) groups excluding carboxylic acids is 1. The SMILES string of the molecule is NCCc1ccccc1C(=O)NCC(O)C(F)F. The molecule has 18 heavy (non-hydrogen) atoms. The molecule has 0 spiro atoms. The van der Waals surface area contributed by atoms with Crippen molar-refractivity contribution in [1.29, 1.82) is 0 Å². The molecular formula is C12H16F2N2O2. The van der Waals surface area contributed by atoms with E-state index in [1.165, 1.54) is 0 Å². The predicted molar refractivity (Wildman–Crippen MR) is 63.5 cm³/mol. The fourth-order valence-corrected chi connectivity index (χ4v) is 1.50. The number of aliphatic hydroxyl groups is 1. The summed E-state index contributed by atoms with van der Waals surface area (Å²) in [6.45, 7) is -0.0859. The molecule has 1 rings (SSSR count). The van der Waals surface area contributed by atoms with Gasteiger partial charge >= 0.3 is 0 Å². The Morgan fingerprint density at radius 2 is 2.06 bits per heavy atom. The molecule has 100 valence electrons. The molecule has 0 aliphatic carbocycles. The van der Waals surface area contributed by atoms with E-state index in [-0.39, 0.29) is 0 Å². The van der Waals surface area contributed by atoms with Gasteiger partial charge in [0.15, 0.2) is 0 Å². The molecular weight excluding hydrogens is 242 g/mol. The molecule has 0 aliphatic rings. The van der Waals surface area contributed by atoms with Crippen LogP contribution in [0.1, 0.15) is 15.9 Å². The lowest BCUT2D eigenvalue weighted by Crippen LogP contribution is -2.36. The van der Waals surface area contributed by atoms with Gasteiger partial charge in [0.2, 0.25) is 0 Å². The van der Waals surface area contributed by atoms with Crippen LogP contribution in [-0.2, 0) is 6.42 Å². The Morgan fingerprint density at radius 1 is 1.39 bits per heavy atom. The minimum absolute atomic E-state index is 0.393. The molecule has 0 radical (unpaired) electrons. The van der Waals surface area contributed by atoms with Crippen molar-refractivity contribution in [3.8, 4) is 0 Å². The van der Waals surface area contributed by atoms with Gasteiger partial charge in [-0.15, -0.1) is 0 Å². The molecule has 1 unspecified atom stereocenters. The summed E-state index contributed by atoms with van der Waals surface area (Å²) < 4.78 is 24.1. The number of alkyl halides is 2. The summed E-state index contributed by atoms with van der Waals surface area (Å²) in [4.78, 5) is 11.8. The van der Waals surface area contributed by atoms with Crippen molar-refractivity contribution in [3.05, 3.63) is 35.4 Å². The molecule has 6 heteroatoms. The van der Waals surface area contributed by atoms with Crippen LogP contribution in [0.15, 0.2) is 24.3 Å². The second-order valence-electron chi connectivity index (χ2n) is 3.81. The number of carbonyl (C=O) groups is 1. The Morgan fingerprint density at radius 3 is 2.67 bits per heavy atom. The molecule has 1 aromatic carbocycles. The molecule has 0 heterocycles. The van der Waals surface area contributed by atoms with Gasteiger partial charge in [-0.3, -0.25) is 4.79 Å². The molecule has 1 aromatic rings. The van der Waals surface area contributed by atoms with E-state index in [1.807, 2.05) is 0 Å². The summed E-state index contributed by atoms with van der Waals surface area (Å²) in [5.41, 5.74) is 6.57. The quantitative estimate of drug-likeness (QED) is 0.697. The zero-order valence-corrected chi connectivity index (χ0v) is 9.77. The van der Waals surface area contributed by atoms with Gasteiger partial charge in [0.25, 0.3) is 12.3 Å². The molecule has 4 N–H and O–H groups in total. The summed E-state index contributed by atoms with van der Waals surface area (Å²) in [5, 5.41) is 11.2. The number of nitrogens with one attached hydrogen (secondary N) is 1. The first kappa shape index (κ1) is 14.5. The second-order valence-corrected chi connectivity index (χ2v) is 3.81. The Kier molecular flexibility index (Phi) is 5.67. The van der Waals surface area contributed by atoms with Crippen LogP contribution in [0.25, 0.3) is 0 Å². The molecule has 0 saturated heterocycles. The number of nitrogens with two attached hydrogens (primary N) is 1. The maximum Gasteiger partial charge on any atom is 0.265 e. The minimum Gasteiger partial charge on any atom is -0.385 e. The Labute approximate surface area is 104 Å². The molecule has 4 nitrogen and oxygen atoms in total. The first-order valence-electron chi connectivity index (χ1n) is 5.58. The monoisotopic (exact) mass is 258 g/mol. The molecule has 1 amide bonds. The van der Waals surface area contributed by atoms with Crippen molar-refractivity contribution in [2.45, 2.75) is 19.0 Å². The third-order valence-electron chi connectivity index (χ3n) is 2.44. The van der Waals surface area contributed by atoms with Crippen LogP contribution in [0.4, 0.5) is 8.78 Å². The lowest BCUT2D eigenvalue weighted by molar-refractivity contribution is -0.00270. The predicted octanol–water partition coefficient (Wildman–Crippen LogP) is 0.544. The Bertz CT molecular complexity index is 399. The van der Waals surface area contributed by atoms with Crippen molar-refractivity contribution in [1.82, 2.24) is 5.32 Å². The van der Waals surface area contributed by atoms with Crippen molar-refractivity contribution in [3.63, 3.8) is 0 Å². The fraction of sp³-hybridized carbons (Fsp3) is 0.417. The van der Waals surface area contributed by atoms with E-state index in [2.05, 4.69) is 5.32 Å². The van der Waals surface area contributed by atoms with Gasteiger partial charge in [-0.2, -0.15) is 0 Å². The van der Waals surface area contributed by atoms with Crippen LogP contribution >= 0.6 is 0 Å². The smallest absolute Gasteiger partial charge is 0.265 e. The third-order valence-corrected chi connectivity index (χ3v) is 2.44. The van der Waals surface area contributed by atoms with Gasteiger partial charge in [0, 0.05) is 12.1 Å². The first-order valence-corrected chi connectivity index (χ1v) is 5.58. The second kappa shape index (κ2) is 7.03. The number of amides is 1. The molecule has 1 atom stereocenters. The summed E-state index contributed by atoms with van der Waals surface area (Å²) in [6.07, 6.45) is -4.19. The number of rotatable bonds is 6. The van der Waals surface area contributed by atoms with E-state index >= 15 is 0 Å². The number of hydrogen-bond donors (Lipinski definition) is 3. The summed E-state index contributed by atoms with van der Waals surface area (Å²) >= 11 is 0. The lowest BCUT2D eigenvalue weighted by atomic mass is 10.0. The maximum atomic E-state index is 12.1. The van der Waals surface area contributed by atoms with E-state index in [4.69, 9.17) is 10.8 Å². The van der Waals surface area contributed by atoms with Crippen molar-refractivity contribution in [2.24, 2.45) is 5.73 Å². The number of hydrogen-bond acceptors (Lipinski definition) is 3. The highest BCUT2D eigenvalue weighted by molar-refractivity contribution is 5.95. The van der Waals surface area contributed by atoms with Crippen LogP contribution in [0, 0.1) is 0 Å². The zero-order chi connectivity index (χ0) is 13.5. The van der Waals surface area contributed by atoms with Crippen LogP contribution in [0.3, 0.4) is 0 Å². The molecule has 0 bridgehead atoms. The van der Waals surface area contributed by atoms with E-state index < -0.39 is 25.0 Å². The lowest BCUT2D eigenvalue weighted by Gasteiger charge is -2.12. The maximum absolute atomic E-state index is 12.1. The Hall–Kier alpha value is -1.53. The van der Waals surface area contributed by atoms with Crippen LogP contribution < -0.4 is 11.1 Å². The van der Waals surface area contributed by atoms with Gasteiger partial charge in [-0.05, 0) is 24.6 Å². The van der Waals surface area contributed by atoms with Gasteiger partial charge in [-0.1, -0.05) is 18.2 Å². The van der Waals surface area contributed by atoms with Gasteiger partial charge in [-0.25, -0.2) is 8.78 Å². The van der Waals surface area contributed by atoms with Crippen molar-refractivity contribution < 1.29 is 18.7 Å². The normalized spacial score (nSPS) is 12.5. The van der Waals surface area contributed by atoms with Gasteiger partial charge in [0.05, 0.1) is 0 Å². The Balaban J connectivity index is 2.66. The van der Waals surface area contributed by atoms with Crippen LogP contribution in [-0.4, -0.2) is 36.6 Å². The number of aliphatic hydroxyl groups excluding tert-OH is 1. The highest BCUT2D eigenvalue weighted by Gasteiger charge is 2.18. The highest BCUT2D eigenvalue weighted by atomic mass is 19.3. The molecule has 0 saturated carbocycles. The van der Waals surface area contributed by atoms with Crippen molar-refractivity contribution in [2.75, 3.05) is 13.1 Å². The molecule has 0 fully saturated rings. The highest BCUT2D eigenvalue weighted by Crippen LogP contribution is 2.09. The first-order chi connectivity index (χ1) is 8.56. The standard InChI is InChI=1S/C12H16F2N2O2/c13-11(14)10(17)7-16-12(18)9-4-2-1-3-8(9)5-6-15/h1-4,10-11,17H,5-7,15H2,(H,16,18). The van der Waals surface area contributed by atoms with Crippen molar-refractivity contribution >= 4 is 5.91 Å². The van der Waals surface area contributed by atoms with E-state index in [0.717, 1.165) is 5.56 Å². The molecule has 0 aliphatic heterocycles. The third kappa shape index (κ3) is 4.05. The zero-order valence-electron chi connectivity index (χ0n) is 9.77. The van der Waals surface area contributed by atoms with Gasteiger partial charge < -0.3 is 16.2 Å². The van der Waals surface area contributed by atoms with E-state index in [1.54, 1.807) is 24.3 Å². The average Bonchev–Trinajstić information content (AvgIpc) is 2.36. The summed E-state index contributed by atoms with van der Waals surface area (Å²) in [7, 11) is 0. The summed E-state index contributed by atoms with van der Waals surface area (Å²) in [6, 6.07) is 6.80. The molecule has 0 aromatic heterocycles. The van der Waals surface area contributed by atoms with E-state index in [0.29, 0.717) is 18.5 Å². The fourth-order valence-electron chi connectivity index (χ4n) is 1.50. The number of benzene rings is 1. The van der Waals surface area contributed by atoms with Crippen LogP contribution in [0.5, 0.6) is 0 Å².